The molecule has 2 heterocycles. The Morgan fingerprint density at radius 3 is 2.23 bits per heavy atom. The summed E-state index contributed by atoms with van der Waals surface area (Å²) in [7, 11) is 3.49. The molecule has 44 heavy (non-hydrogen) atoms. The van der Waals surface area contributed by atoms with Crippen molar-refractivity contribution in [2.75, 3.05) is 45.2 Å². The largest absolute Gasteiger partial charge is 0.491 e. The number of hydrogen-bond acceptors (Lipinski definition) is 5. The van der Waals surface area contributed by atoms with Gasteiger partial charge >= 0.3 is 6.18 Å². The number of likely N-dealkylation sites (tertiary alicyclic amines) is 1. The lowest BCUT2D eigenvalue weighted by molar-refractivity contribution is -0.262. The number of nitrogens with zero attached hydrogens (tertiary/aromatic N) is 3. The molecule has 7 nitrogen and oxygen atoms in total. The number of alkyl halides is 3. The monoisotopic (exact) mass is 617 g/mol. The SMILES string of the molecule is Cc1cc(N2CCC(CC3(C)CCN(C(=O)[C@@](O)(c4cccc(OC(C)C)c4)C(F)(F)F)CC3)CC2)ccc1C(=O)N(C)C. The van der Waals surface area contributed by atoms with Gasteiger partial charge in [-0.1, -0.05) is 19.1 Å². The molecule has 0 aromatic heterocycles. The Hall–Kier alpha value is -3.27. The third-order valence-corrected chi connectivity index (χ3v) is 9.21. The predicted octanol–water partition coefficient (Wildman–Crippen LogP) is 6.17. The van der Waals surface area contributed by atoms with E-state index in [9.17, 15) is 27.9 Å². The maximum atomic E-state index is 14.4. The summed E-state index contributed by atoms with van der Waals surface area (Å²) in [5.74, 6) is -0.709. The number of halogens is 3. The summed E-state index contributed by atoms with van der Waals surface area (Å²) >= 11 is 0. The van der Waals surface area contributed by atoms with Crippen molar-refractivity contribution in [3.63, 3.8) is 0 Å². The second-order valence-electron chi connectivity index (χ2n) is 13.3. The van der Waals surface area contributed by atoms with Gasteiger partial charge in [0.2, 0.25) is 0 Å². The Balaban J connectivity index is 1.36. The lowest BCUT2D eigenvalue weighted by Crippen LogP contribution is -2.57. The maximum Gasteiger partial charge on any atom is 0.430 e. The standard InChI is InChI=1S/C34H46F3N3O4/c1-23(2)44-28-9-7-8-26(21-28)33(43,34(35,36)37)31(42)40-18-14-32(4,15-19-40)22-25-12-16-39(17-13-25)27-10-11-29(24(3)20-27)30(41)38(5)6/h7-11,20-21,23,25,43H,12-19,22H2,1-6H3/t33-/m0/s1. The van der Waals surface area contributed by atoms with Crippen molar-refractivity contribution in [3.05, 3.63) is 59.2 Å². The minimum absolute atomic E-state index is 0.0118. The van der Waals surface area contributed by atoms with Crippen LogP contribution in [0.2, 0.25) is 0 Å². The second kappa shape index (κ2) is 13.0. The number of ether oxygens (including phenoxy) is 1. The van der Waals surface area contributed by atoms with Crippen LogP contribution in [-0.4, -0.2) is 79.3 Å². The van der Waals surface area contributed by atoms with E-state index in [0.29, 0.717) is 24.3 Å². The molecule has 2 aromatic carbocycles. The second-order valence-corrected chi connectivity index (χ2v) is 13.3. The summed E-state index contributed by atoms with van der Waals surface area (Å²) in [6, 6.07) is 11.1. The predicted molar refractivity (Wildman–Crippen MR) is 165 cm³/mol. The Kier molecular flexibility index (Phi) is 9.93. The number of benzene rings is 2. The molecule has 10 heteroatoms. The van der Waals surface area contributed by atoms with E-state index in [4.69, 9.17) is 4.74 Å². The first-order valence-corrected chi connectivity index (χ1v) is 15.5. The number of carbonyl (C=O) groups excluding carboxylic acids is 2. The van der Waals surface area contributed by atoms with Crippen molar-refractivity contribution < 1.29 is 32.6 Å². The van der Waals surface area contributed by atoms with Crippen LogP contribution >= 0.6 is 0 Å². The zero-order valence-corrected chi connectivity index (χ0v) is 26.7. The molecule has 4 rings (SSSR count). The molecule has 1 atom stereocenters. The molecule has 0 spiro atoms. The molecule has 0 saturated carbocycles. The summed E-state index contributed by atoms with van der Waals surface area (Å²) in [5, 5.41) is 11.0. The summed E-state index contributed by atoms with van der Waals surface area (Å²) < 4.78 is 48.6. The van der Waals surface area contributed by atoms with E-state index in [1.165, 1.54) is 17.0 Å². The van der Waals surface area contributed by atoms with Gasteiger partial charge in [-0.05, 0) is 100 Å². The lowest BCUT2D eigenvalue weighted by Gasteiger charge is -2.45. The zero-order chi connectivity index (χ0) is 32.4. The zero-order valence-electron chi connectivity index (χ0n) is 26.7. The third kappa shape index (κ3) is 7.16. The highest BCUT2D eigenvalue weighted by molar-refractivity contribution is 5.95. The molecule has 0 aliphatic carbocycles. The maximum absolute atomic E-state index is 14.4. The van der Waals surface area contributed by atoms with Crippen molar-refractivity contribution in [1.82, 2.24) is 9.80 Å². The number of rotatable bonds is 8. The average molecular weight is 618 g/mol. The topological polar surface area (TPSA) is 73.3 Å². The number of aliphatic hydroxyl groups is 1. The minimum Gasteiger partial charge on any atom is -0.491 e. The number of hydrogen-bond donors (Lipinski definition) is 1. The van der Waals surface area contributed by atoms with E-state index in [1.807, 2.05) is 19.1 Å². The van der Waals surface area contributed by atoms with Crippen molar-refractivity contribution in [1.29, 1.82) is 0 Å². The lowest BCUT2D eigenvalue weighted by atomic mass is 9.71. The summed E-state index contributed by atoms with van der Waals surface area (Å²) in [5.41, 5.74) is -1.54. The highest BCUT2D eigenvalue weighted by Gasteiger charge is 2.62. The van der Waals surface area contributed by atoms with Crippen LogP contribution in [0.4, 0.5) is 18.9 Å². The van der Waals surface area contributed by atoms with Gasteiger partial charge in [0, 0.05) is 57.1 Å². The fourth-order valence-corrected chi connectivity index (χ4v) is 6.58. The Labute approximate surface area is 259 Å². The van der Waals surface area contributed by atoms with E-state index in [1.54, 1.807) is 32.8 Å². The first-order chi connectivity index (χ1) is 20.5. The van der Waals surface area contributed by atoms with Gasteiger partial charge in [-0.15, -0.1) is 0 Å². The van der Waals surface area contributed by atoms with Gasteiger partial charge in [0.1, 0.15) is 5.75 Å². The van der Waals surface area contributed by atoms with E-state index in [0.717, 1.165) is 55.7 Å². The van der Waals surface area contributed by atoms with Crippen molar-refractivity contribution in [2.24, 2.45) is 11.3 Å². The molecule has 2 fully saturated rings. The Morgan fingerprint density at radius 2 is 1.68 bits per heavy atom. The molecule has 0 unspecified atom stereocenters. The number of amides is 2. The molecule has 2 aromatic rings. The first-order valence-electron chi connectivity index (χ1n) is 15.5. The molecule has 2 aliphatic heterocycles. The molecule has 0 bridgehead atoms. The Morgan fingerprint density at radius 1 is 1.05 bits per heavy atom. The van der Waals surface area contributed by atoms with Crippen LogP contribution in [0.15, 0.2) is 42.5 Å². The van der Waals surface area contributed by atoms with Crippen LogP contribution in [0.1, 0.15) is 74.4 Å². The van der Waals surface area contributed by atoms with Crippen LogP contribution in [0.3, 0.4) is 0 Å². The molecule has 2 saturated heterocycles. The molecule has 0 radical (unpaired) electrons. The fourth-order valence-electron chi connectivity index (χ4n) is 6.58. The normalized spacial score (nSPS) is 19.1. The smallest absolute Gasteiger partial charge is 0.430 e. The molecular formula is C34H46F3N3O4. The van der Waals surface area contributed by atoms with Crippen LogP contribution < -0.4 is 9.64 Å². The van der Waals surface area contributed by atoms with E-state index in [-0.39, 0.29) is 36.3 Å². The van der Waals surface area contributed by atoms with Gasteiger partial charge in [-0.2, -0.15) is 13.2 Å². The molecule has 1 N–H and O–H groups in total. The minimum atomic E-state index is -5.20. The first kappa shape index (κ1) is 33.6. The van der Waals surface area contributed by atoms with Gasteiger partial charge < -0.3 is 24.5 Å². The van der Waals surface area contributed by atoms with Crippen molar-refractivity contribution >= 4 is 17.5 Å². The molecule has 2 aliphatic rings. The number of aryl methyl sites for hydroxylation is 1. The molecular weight excluding hydrogens is 571 g/mol. The van der Waals surface area contributed by atoms with Gasteiger partial charge in [-0.3, -0.25) is 9.59 Å². The highest BCUT2D eigenvalue weighted by atomic mass is 19.4. The van der Waals surface area contributed by atoms with E-state index in [2.05, 4.69) is 17.9 Å². The quantitative estimate of drug-likeness (QED) is 0.384. The van der Waals surface area contributed by atoms with Crippen molar-refractivity contribution in [2.45, 2.75) is 77.7 Å². The van der Waals surface area contributed by atoms with E-state index < -0.39 is 23.2 Å². The van der Waals surface area contributed by atoms with Crippen LogP contribution in [0.5, 0.6) is 5.75 Å². The number of carbonyl (C=O) groups is 2. The summed E-state index contributed by atoms with van der Waals surface area (Å²) in [4.78, 5) is 30.9. The summed E-state index contributed by atoms with van der Waals surface area (Å²) in [6.45, 7) is 9.72. The summed E-state index contributed by atoms with van der Waals surface area (Å²) in [6.07, 6.45) is -1.39. The molecule has 2 amide bonds. The van der Waals surface area contributed by atoms with Crippen LogP contribution in [0, 0.1) is 18.3 Å². The van der Waals surface area contributed by atoms with Crippen LogP contribution in [-0.2, 0) is 10.4 Å². The van der Waals surface area contributed by atoms with Gasteiger partial charge in [0.15, 0.2) is 0 Å². The van der Waals surface area contributed by atoms with Gasteiger partial charge in [0.05, 0.1) is 6.10 Å². The average Bonchev–Trinajstić information content (AvgIpc) is 2.96. The number of anilines is 1. The Bertz CT molecular complexity index is 1330. The number of piperidine rings is 2. The molecule has 242 valence electrons. The fraction of sp³-hybridized carbons (Fsp3) is 0.588. The highest BCUT2D eigenvalue weighted by Crippen LogP contribution is 2.45. The van der Waals surface area contributed by atoms with E-state index >= 15 is 0 Å². The van der Waals surface area contributed by atoms with Crippen LogP contribution in [0.25, 0.3) is 0 Å². The van der Waals surface area contributed by atoms with Crippen molar-refractivity contribution in [3.8, 4) is 5.75 Å². The van der Waals surface area contributed by atoms with Gasteiger partial charge in [0.25, 0.3) is 17.4 Å². The third-order valence-electron chi connectivity index (χ3n) is 9.21. The van der Waals surface area contributed by atoms with Gasteiger partial charge in [-0.25, -0.2) is 0 Å².